The quantitative estimate of drug-likeness (QED) is 0.829. The molecule has 1 amide bonds. The first-order chi connectivity index (χ1) is 8.77. The molecule has 1 N–H and O–H groups in total. The van der Waals surface area contributed by atoms with Crippen molar-refractivity contribution < 1.29 is 9.90 Å². The zero-order chi connectivity index (χ0) is 12.5. The van der Waals surface area contributed by atoms with Crippen molar-refractivity contribution in [1.29, 1.82) is 0 Å². The van der Waals surface area contributed by atoms with Gasteiger partial charge in [-0.05, 0) is 23.8 Å². The number of aliphatic hydroxyl groups excluding tert-OH is 1. The lowest BCUT2D eigenvalue weighted by atomic mass is 9.98. The normalized spacial score (nSPS) is 18.6. The number of rotatable bonds is 1. The molecule has 0 bridgehead atoms. The van der Waals surface area contributed by atoms with Gasteiger partial charge in [0.25, 0.3) is 5.91 Å². The summed E-state index contributed by atoms with van der Waals surface area (Å²) in [6, 6.07) is 17.1. The molecule has 1 aliphatic rings. The third kappa shape index (κ3) is 1.69. The van der Waals surface area contributed by atoms with E-state index in [-0.39, 0.29) is 5.91 Å². The number of hydrogen-bond donors (Lipinski definition) is 1. The van der Waals surface area contributed by atoms with Crippen LogP contribution in [-0.4, -0.2) is 17.1 Å². The van der Waals surface area contributed by atoms with Gasteiger partial charge in [-0.2, -0.15) is 0 Å². The van der Waals surface area contributed by atoms with Crippen molar-refractivity contribution in [3.05, 3.63) is 60.2 Å². The van der Waals surface area contributed by atoms with Gasteiger partial charge in [0.1, 0.15) is 6.10 Å². The molecule has 3 heteroatoms. The molecule has 1 atom stereocenters. The number of nitrogens with zero attached hydrogens (tertiary/aromatic N) is 1. The average Bonchev–Trinajstić information content (AvgIpc) is 2.41. The maximum atomic E-state index is 12.2. The molecule has 0 radical (unpaired) electrons. The number of anilines is 2. The standard InChI is InChI=1S/C15H13NO2/c17-14-10-11-6-4-5-9-13(11)16(15(14)18)12-7-2-1-3-8-12/h1-9,14,17H,10H2. The summed E-state index contributed by atoms with van der Waals surface area (Å²) in [6.07, 6.45) is -0.571. The summed E-state index contributed by atoms with van der Waals surface area (Å²) in [7, 11) is 0. The van der Waals surface area contributed by atoms with Gasteiger partial charge in [-0.3, -0.25) is 9.69 Å². The molecular formula is C15H13NO2. The summed E-state index contributed by atoms with van der Waals surface area (Å²) in [4.78, 5) is 13.8. The summed E-state index contributed by atoms with van der Waals surface area (Å²) in [5, 5.41) is 9.86. The van der Waals surface area contributed by atoms with Gasteiger partial charge >= 0.3 is 0 Å². The smallest absolute Gasteiger partial charge is 0.260 e. The fourth-order valence-corrected chi connectivity index (χ4v) is 2.31. The fraction of sp³-hybridized carbons (Fsp3) is 0.133. The van der Waals surface area contributed by atoms with E-state index in [4.69, 9.17) is 0 Å². The molecule has 2 aromatic carbocycles. The number of benzene rings is 2. The van der Waals surface area contributed by atoms with E-state index in [1.54, 1.807) is 4.90 Å². The molecule has 2 aromatic rings. The highest BCUT2D eigenvalue weighted by molar-refractivity contribution is 6.05. The molecule has 18 heavy (non-hydrogen) atoms. The maximum Gasteiger partial charge on any atom is 0.260 e. The molecule has 3 nitrogen and oxygen atoms in total. The summed E-state index contributed by atoms with van der Waals surface area (Å²) in [5.74, 6) is -0.264. The molecule has 1 heterocycles. The second-order valence-corrected chi connectivity index (χ2v) is 4.36. The van der Waals surface area contributed by atoms with Crippen LogP contribution in [0.5, 0.6) is 0 Å². The summed E-state index contributed by atoms with van der Waals surface area (Å²) in [6.45, 7) is 0. The lowest BCUT2D eigenvalue weighted by Crippen LogP contribution is -2.41. The minimum atomic E-state index is -0.958. The van der Waals surface area contributed by atoms with Crippen LogP contribution in [0.4, 0.5) is 11.4 Å². The van der Waals surface area contributed by atoms with Gasteiger partial charge in [-0.1, -0.05) is 36.4 Å². The Balaban J connectivity index is 2.15. The topological polar surface area (TPSA) is 40.5 Å². The molecule has 0 aromatic heterocycles. The minimum Gasteiger partial charge on any atom is -0.383 e. The number of aliphatic hydroxyl groups is 1. The Morgan fingerprint density at radius 3 is 2.44 bits per heavy atom. The van der Waals surface area contributed by atoms with Crippen molar-refractivity contribution >= 4 is 17.3 Å². The Morgan fingerprint density at radius 1 is 1.00 bits per heavy atom. The predicted molar refractivity (Wildman–Crippen MR) is 69.7 cm³/mol. The predicted octanol–water partition coefficient (Wildman–Crippen LogP) is 2.27. The van der Waals surface area contributed by atoms with Crippen molar-refractivity contribution in [3.63, 3.8) is 0 Å². The van der Waals surface area contributed by atoms with Gasteiger partial charge in [-0.15, -0.1) is 0 Å². The van der Waals surface area contributed by atoms with Crippen molar-refractivity contribution in [3.8, 4) is 0 Å². The Labute approximate surface area is 105 Å². The van der Waals surface area contributed by atoms with E-state index in [2.05, 4.69) is 0 Å². The third-order valence-corrected chi connectivity index (χ3v) is 3.17. The van der Waals surface area contributed by atoms with Gasteiger partial charge in [0.2, 0.25) is 0 Å². The summed E-state index contributed by atoms with van der Waals surface area (Å²) >= 11 is 0. The maximum absolute atomic E-state index is 12.2. The first kappa shape index (κ1) is 11.0. The van der Waals surface area contributed by atoms with Crippen LogP contribution in [-0.2, 0) is 11.2 Å². The Hall–Kier alpha value is -2.13. The Bertz CT molecular complexity index is 580. The average molecular weight is 239 g/mol. The largest absolute Gasteiger partial charge is 0.383 e. The summed E-state index contributed by atoms with van der Waals surface area (Å²) in [5.41, 5.74) is 2.64. The van der Waals surface area contributed by atoms with Crippen LogP contribution in [0.3, 0.4) is 0 Å². The molecule has 0 spiro atoms. The molecule has 1 aliphatic heterocycles. The minimum absolute atomic E-state index is 0.264. The number of amides is 1. The lowest BCUT2D eigenvalue weighted by Gasteiger charge is -2.32. The van der Waals surface area contributed by atoms with Gasteiger partial charge in [0.05, 0.1) is 5.69 Å². The monoisotopic (exact) mass is 239 g/mol. The van der Waals surface area contributed by atoms with Crippen LogP contribution < -0.4 is 4.90 Å². The number of carbonyl (C=O) groups is 1. The van der Waals surface area contributed by atoms with Crippen LogP contribution in [0.2, 0.25) is 0 Å². The number of fused-ring (bicyclic) bond motifs is 1. The number of para-hydroxylation sites is 2. The Kier molecular flexibility index (Phi) is 2.61. The van der Waals surface area contributed by atoms with Gasteiger partial charge in [0.15, 0.2) is 0 Å². The van der Waals surface area contributed by atoms with Crippen molar-refractivity contribution in [2.24, 2.45) is 0 Å². The first-order valence-electron chi connectivity index (χ1n) is 5.92. The van der Waals surface area contributed by atoms with Crippen LogP contribution in [0.15, 0.2) is 54.6 Å². The highest BCUT2D eigenvalue weighted by Gasteiger charge is 2.31. The molecule has 0 saturated heterocycles. The second-order valence-electron chi connectivity index (χ2n) is 4.36. The van der Waals surface area contributed by atoms with Crippen LogP contribution in [0.25, 0.3) is 0 Å². The zero-order valence-electron chi connectivity index (χ0n) is 9.78. The molecule has 0 saturated carbocycles. The van der Waals surface area contributed by atoms with E-state index in [0.717, 1.165) is 16.9 Å². The number of carbonyl (C=O) groups excluding carboxylic acids is 1. The van der Waals surface area contributed by atoms with Crippen LogP contribution in [0, 0.1) is 0 Å². The Morgan fingerprint density at radius 2 is 1.67 bits per heavy atom. The zero-order valence-corrected chi connectivity index (χ0v) is 9.78. The van der Waals surface area contributed by atoms with Gasteiger partial charge in [-0.25, -0.2) is 0 Å². The van der Waals surface area contributed by atoms with E-state index in [0.29, 0.717) is 6.42 Å². The van der Waals surface area contributed by atoms with E-state index in [1.807, 2.05) is 54.6 Å². The molecule has 1 unspecified atom stereocenters. The highest BCUT2D eigenvalue weighted by Crippen LogP contribution is 2.33. The van der Waals surface area contributed by atoms with Crippen LogP contribution in [0.1, 0.15) is 5.56 Å². The number of hydrogen-bond acceptors (Lipinski definition) is 2. The highest BCUT2D eigenvalue weighted by atomic mass is 16.3. The van der Waals surface area contributed by atoms with Crippen LogP contribution >= 0.6 is 0 Å². The molecule has 3 rings (SSSR count). The first-order valence-corrected chi connectivity index (χ1v) is 5.92. The lowest BCUT2D eigenvalue weighted by molar-refractivity contribution is -0.126. The van der Waals surface area contributed by atoms with E-state index in [9.17, 15) is 9.90 Å². The third-order valence-electron chi connectivity index (χ3n) is 3.17. The van der Waals surface area contributed by atoms with E-state index >= 15 is 0 Å². The SMILES string of the molecule is O=C1C(O)Cc2ccccc2N1c1ccccc1. The molecular weight excluding hydrogens is 226 g/mol. The fourth-order valence-electron chi connectivity index (χ4n) is 2.31. The van der Waals surface area contributed by atoms with E-state index < -0.39 is 6.10 Å². The van der Waals surface area contributed by atoms with Gasteiger partial charge in [0, 0.05) is 12.1 Å². The van der Waals surface area contributed by atoms with Crippen molar-refractivity contribution in [2.75, 3.05) is 4.90 Å². The second kappa shape index (κ2) is 4.27. The molecule has 90 valence electrons. The van der Waals surface area contributed by atoms with E-state index in [1.165, 1.54) is 0 Å². The van der Waals surface area contributed by atoms with Crippen molar-refractivity contribution in [1.82, 2.24) is 0 Å². The van der Waals surface area contributed by atoms with Gasteiger partial charge < -0.3 is 5.11 Å². The summed E-state index contributed by atoms with van der Waals surface area (Å²) < 4.78 is 0. The molecule has 0 fully saturated rings. The molecule has 0 aliphatic carbocycles. The van der Waals surface area contributed by atoms with Crippen molar-refractivity contribution in [2.45, 2.75) is 12.5 Å².